The summed E-state index contributed by atoms with van der Waals surface area (Å²) in [6.07, 6.45) is 2.03. The van der Waals surface area contributed by atoms with Crippen LogP contribution in [0.15, 0.2) is 30.3 Å². The Morgan fingerprint density at radius 1 is 1.36 bits per heavy atom. The predicted octanol–water partition coefficient (Wildman–Crippen LogP) is 1.38. The fourth-order valence-electron chi connectivity index (χ4n) is 1.66. The van der Waals surface area contributed by atoms with Crippen LogP contribution in [0.3, 0.4) is 0 Å². The van der Waals surface area contributed by atoms with E-state index in [-0.39, 0.29) is 11.9 Å². The van der Waals surface area contributed by atoms with Crippen LogP contribution in [0.25, 0.3) is 0 Å². The number of para-hydroxylation sites is 1. The molecule has 2 rings (SSSR count). The molecule has 1 aliphatic heterocycles. The van der Waals surface area contributed by atoms with E-state index in [9.17, 15) is 4.79 Å². The van der Waals surface area contributed by atoms with E-state index < -0.39 is 0 Å². The lowest BCUT2D eigenvalue weighted by Crippen LogP contribution is -2.35. The molecule has 1 aromatic rings. The third-order valence-electron chi connectivity index (χ3n) is 2.42. The van der Waals surface area contributed by atoms with Crippen molar-refractivity contribution in [1.82, 2.24) is 5.32 Å². The van der Waals surface area contributed by atoms with Gasteiger partial charge in [0.2, 0.25) is 5.91 Å². The van der Waals surface area contributed by atoms with Crippen molar-refractivity contribution < 1.29 is 4.79 Å². The topological polar surface area (TPSA) is 41.1 Å². The molecule has 0 unspecified atom stereocenters. The van der Waals surface area contributed by atoms with Gasteiger partial charge in [-0.05, 0) is 31.5 Å². The van der Waals surface area contributed by atoms with E-state index >= 15 is 0 Å². The Morgan fingerprint density at radius 3 is 2.79 bits per heavy atom. The number of hydrogen-bond donors (Lipinski definition) is 2. The van der Waals surface area contributed by atoms with E-state index in [2.05, 4.69) is 10.6 Å². The molecule has 1 atom stereocenters. The van der Waals surface area contributed by atoms with Crippen LogP contribution >= 0.6 is 0 Å². The Labute approximate surface area is 83.5 Å². The average Bonchev–Trinajstić information content (AvgIpc) is 2.72. The van der Waals surface area contributed by atoms with Crippen molar-refractivity contribution in [3.8, 4) is 0 Å². The molecule has 0 saturated carbocycles. The highest BCUT2D eigenvalue weighted by Gasteiger charge is 2.21. The lowest BCUT2D eigenvalue weighted by molar-refractivity contribution is -0.117. The van der Waals surface area contributed by atoms with Crippen LogP contribution in [0, 0.1) is 0 Å². The van der Waals surface area contributed by atoms with Crippen LogP contribution in [-0.4, -0.2) is 18.5 Å². The highest BCUT2D eigenvalue weighted by Crippen LogP contribution is 2.10. The van der Waals surface area contributed by atoms with Crippen LogP contribution in [0.1, 0.15) is 12.8 Å². The molecule has 1 aromatic carbocycles. The molecule has 1 aliphatic rings. The van der Waals surface area contributed by atoms with E-state index in [0.29, 0.717) is 0 Å². The molecule has 1 amide bonds. The van der Waals surface area contributed by atoms with Gasteiger partial charge >= 0.3 is 0 Å². The first kappa shape index (κ1) is 9.21. The minimum absolute atomic E-state index is 0.00444. The van der Waals surface area contributed by atoms with E-state index in [1.165, 1.54) is 0 Å². The monoisotopic (exact) mass is 190 g/mol. The predicted molar refractivity (Wildman–Crippen MR) is 56.1 cm³/mol. The molecule has 1 saturated heterocycles. The number of amides is 1. The molecule has 1 fully saturated rings. The lowest BCUT2D eigenvalue weighted by atomic mass is 10.2. The minimum atomic E-state index is -0.00444. The Morgan fingerprint density at radius 2 is 2.14 bits per heavy atom. The third kappa shape index (κ3) is 2.12. The van der Waals surface area contributed by atoms with Gasteiger partial charge in [-0.25, -0.2) is 0 Å². The summed E-state index contributed by atoms with van der Waals surface area (Å²) in [5.74, 6) is 0.0775. The van der Waals surface area contributed by atoms with Crippen molar-refractivity contribution in [2.24, 2.45) is 0 Å². The lowest BCUT2D eigenvalue weighted by Gasteiger charge is -2.10. The van der Waals surface area contributed by atoms with Crippen LogP contribution in [0.4, 0.5) is 5.69 Å². The van der Waals surface area contributed by atoms with Gasteiger partial charge in [0.15, 0.2) is 0 Å². The molecule has 14 heavy (non-hydrogen) atoms. The van der Waals surface area contributed by atoms with Gasteiger partial charge in [-0.2, -0.15) is 0 Å². The van der Waals surface area contributed by atoms with Gasteiger partial charge in [0.25, 0.3) is 0 Å². The molecule has 3 heteroatoms. The minimum Gasteiger partial charge on any atom is -0.325 e. The molecule has 0 aromatic heterocycles. The molecule has 74 valence electrons. The van der Waals surface area contributed by atoms with Crippen LogP contribution < -0.4 is 10.6 Å². The van der Waals surface area contributed by atoms with E-state index in [0.717, 1.165) is 25.1 Å². The molecule has 0 bridgehead atoms. The van der Waals surface area contributed by atoms with Gasteiger partial charge < -0.3 is 10.6 Å². The summed E-state index contributed by atoms with van der Waals surface area (Å²) in [5, 5.41) is 6.05. The standard InChI is InChI=1S/C11H14N2O/c14-11(10-7-4-8-12-10)13-9-5-2-1-3-6-9/h1-3,5-6,10,12H,4,7-8H2,(H,13,14)/t10-/m0/s1. The number of benzene rings is 1. The van der Waals surface area contributed by atoms with Gasteiger partial charge in [0, 0.05) is 5.69 Å². The second-order valence-electron chi connectivity index (χ2n) is 3.50. The van der Waals surface area contributed by atoms with Crippen molar-refractivity contribution in [3.63, 3.8) is 0 Å². The van der Waals surface area contributed by atoms with Gasteiger partial charge in [-0.3, -0.25) is 4.79 Å². The van der Waals surface area contributed by atoms with Crippen LogP contribution in [-0.2, 0) is 4.79 Å². The van der Waals surface area contributed by atoms with Crippen molar-refractivity contribution in [2.75, 3.05) is 11.9 Å². The van der Waals surface area contributed by atoms with E-state index in [1.807, 2.05) is 30.3 Å². The number of nitrogens with one attached hydrogen (secondary N) is 2. The van der Waals surface area contributed by atoms with Gasteiger partial charge in [0.1, 0.15) is 0 Å². The van der Waals surface area contributed by atoms with Crippen molar-refractivity contribution in [3.05, 3.63) is 30.3 Å². The van der Waals surface area contributed by atoms with Crippen LogP contribution in [0.5, 0.6) is 0 Å². The summed E-state index contributed by atoms with van der Waals surface area (Å²) in [5.41, 5.74) is 0.867. The maximum atomic E-state index is 11.6. The fourth-order valence-corrected chi connectivity index (χ4v) is 1.66. The van der Waals surface area contributed by atoms with Gasteiger partial charge in [-0.1, -0.05) is 18.2 Å². The average molecular weight is 190 g/mol. The van der Waals surface area contributed by atoms with Crippen molar-refractivity contribution in [1.29, 1.82) is 0 Å². The molecular formula is C11H14N2O. The summed E-state index contributed by atoms with van der Waals surface area (Å²) >= 11 is 0. The first-order chi connectivity index (χ1) is 6.86. The Balaban J connectivity index is 1.94. The largest absolute Gasteiger partial charge is 0.325 e. The number of anilines is 1. The summed E-state index contributed by atoms with van der Waals surface area (Å²) in [4.78, 5) is 11.6. The Hall–Kier alpha value is -1.35. The zero-order valence-electron chi connectivity index (χ0n) is 7.99. The summed E-state index contributed by atoms with van der Waals surface area (Å²) in [7, 11) is 0. The SMILES string of the molecule is O=C(Nc1ccccc1)[C@@H]1CCCN1. The highest BCUT2D eigenvalue weighted by atomic mass is 16.2. The summed E-state index contributed by atoms with van der Waals surface area (Å²) in [6, 6.07) is 9.55. The van der Waals surface area contributed by atoms with E-state index in [4.69, 9.17) is 0 Å². The smallest absolute Gasteiger partial charge is 0.241 e. The first-order valence-electron chi connectivity index (χ1n) is 4.95. The quantitative estimate of drug-likeness (QED) is 0.739. The third-order valence-corrected chi connectivity index (χ3v) is 2.42. The Kier molecular flexibility index (Phi) is 2.79. The number of rotatable bonds is 2. The maximum absolute atomic E-state index is 11.6. The summed E-state index contributed by atoms with van der Waals surface area (Å²) in [6.45, 7) is 0.951. The maximum Gasteiger partial charge on any atom is 0.241 e. The molecule has 1 heterocycles. The zero-order valence-corrected chi connectivity index (χ0v) is 7.99. The molecule has 0 radical (unpaired) electrons. The summed E-state index contributed by atoms with van der Waals surface area (Å²) < 4.78 is 0. The number of hydrogen-bond acceptors (Lipinski definition) is 2. The molecular weight excluding hydrogens is 176 g/mol. The number of carbonyl (C=O) groups excluding carboxylic acids is 1. The zero-order chi connectivity index (χ0) is 9.80. The molecule has 3 nitrogen and oxygen atoms in total. The van der Waals surface area contributed by atoms with Gasteiger partial charge in [0.05, 0.1) is 6.04 Å². The fraction of sp³-hybridized carbons (Fsp3) is 0.364. The van der Waals surface area contributed by atoms with Crippen LogP contribution in [0.2, 0.25) is 0 Å². The normalized spacial score (nSPS) is 20.7. The second-order valence-corrected chi connectivity index (χ2v) is 3.50. The Bertz CT molecular complexity index is 304. The first-order valence-corrected chi connectivity index (χ1v) is 4.95. The second kappa shape index (κ2) is 4.24. The molecule has 2 N–H and O–H groups in total. The van der Waals surface area contributed by atoms with Crippen molar-refractivity contribution >= 4 is 11.6 Å². The highest BCUT2D eigenvalue weighted by molar-refractivity contribution is 5.94. The van der Waals surface area contributed by atoms with Gasteiger partial charge in [-0.15, -0.1) is 0 Å². The van der Waals surface area contributed by atoms with Crippen molar-refractivity contribution in [2.45, 2.75) is 18.9 Å². The molecule has 0 spiro atoms. The molecule has 0 aliphatic carbocycles. The van der Waals surface area contributed by atoms with E-state index in [1.54, 1.807) is 0 Å². The number of carbonyl (C=O) groups is 1.